The van der Waals surface area contributed by atoms with Gasteiger partial charge in [-0.25, -0.2) is 0 Å². The summed E-state index contributed by atoms with van der Waals surface area (Å²) >= 11 is 0. The highest BCUT2D eigenvalue weighted by Gasteiger charge is 2.12. The highest BCUT2D eigenvalue weighted by atomic mass is 16.3. The molecule has 98 valence electrons. The molecule has 0 spiro atoms. The summed E-state index contributed by atoms with van der Waals surface area (Å²) in [7, 11) is 0. The van der Waals surface area contributed by atoms with Crippen molar-refractivity contribution in [2.45, 2.75) is 26.4 Å². The first-order chi connectivity index (χ1) is 9.38. The molecule has 0 saturated heterocycles. The van der Waals surface area contributed by atoms with E-state index in [-0.39, 0.29) is 0 Å². The van der Waals surface area contributed by atoms with Gasteiger partial charge in [0.05, 0.1) is 6.54 Å². The fraction of sp³-hybridized carbons (Fsp3) is 0.308. The van der Waals surface area contributed by atoms with E-state index in [1.165, 1.54) is 10.9 Å². The van der Waals surface area contributed by atoms with Crippen LogP contribution in [-0.4, -0.2) is 20.6 Å². The first-order valence-electron chi connectivity index (χ1n) is 6.30. The first-order valence-corrected chi connectivity index (χ1v) is 6.30. The van der Waals surface area contributed by atoms with Crippen molar-refractivity contribution in [2.75, 3.05) is 0 Å². The molecule has 2 aromatic heterocycles. The Bertz CT molecular complexity index is 659. The number of rotatable bonds is 5. The smallest absolute Gasteiger partial charge is 0.188 e. The number of H-pyrrole nitrogens is 1. The van der Waals surface area contributed by atoms with Gasteiger partial charge in [-0.05, 0) is 6.07 Å². The van der Waals surface area contributed by atoms with Gasteiger partial charge in [-0.1, -0.05) is 30.3 Å². The second-order valence-electron chi connectivity index (χ2n) is 4.29. The fourth-order valence-corrected chi connectivity index (χ4v) is 2.19. The van der Waals surface area contributed by atoms with E-state index in [9.17, 15) is 0 Å². The van der Waals surface area contributed by atoms with Gasteiger partial charge in [-0.3, -0.25) is 0 Å². The average molecular weight is 257 g/mol. The van der Waals surface area contributed by atoms with Crippen molar-refractivity contribution in [3.63, 3.8) is 0 Å². The predicted molar refractivity (Wildman–Crippen MR) is 70.3 cm³/mol. The number of nitrogens with zero attached hydrogens (tertiary/aromatic N) is 3. The minimum absolute atomic E-state index is 0.583. The molecule has 0 aliphatic carbocycles. The van der Waals surface area contributed by atoms with E-state index in [0.29, 0.717) is 12.4 Å². The minimum atomic E-state index is 0.583. The summed E-state index contributed by atoms with van der Waals surface area (Å²) < 4.78 is 5.85. The summed E-state index contributed by atoms with van der Waals surface area (Å²) in [6.45, 7) is 3.41. The SMILES string of the molecule is CCc1oc2ccccc2c1CNCc1nn[nH]n1. The van der Waals surface area contributed by atoms with E-state index in [1.54, 1.807) is 0 Å². The number of fused-ring (bicyclic) bond motifs is 1. The lowest BCUT2D eigenvalue weighted by molar-refractivity contribution is 0.543. The highest BCUT2D eigenvalue weighted by Crippen LogP contribution is 2.26. The molecule has 0 aliphatic rings. The summed E-state index contributed by atoms with van der Waals surface area (Å²) in [5.74, 6) is 1.69. The summed E-state index contributed by atoms with van der Waals surface area (Å²) in [6.07, 6.45) is 0.883. The lowest BCUT2D eigenvalue weighted by Crippen LogP contribution is -2.14. The Morgan fingerprint density at radius 1 is 1.26 bits per heavy atom. The van der Waals surface area contributed by atoms with Gasteiger partial charge in [0.15, 0.2) is 5.82 Å². The molecule has 6 heteroatoms. The molecule has 0 aliphatic heterocycles. The number of benzene rings is 1. The number of aromatic nitrogens is 4. The topological polar surface area (TPSA) is 79.6 Å². The molecule has 2 heterocycles. The van der Waals surface area contributed by atoms with Crippen LogP contribution in [0.2, 0.25) is 0 Å². The van der Waals surface area contributed by atoms with Crippen LogP contribution in [0.25, 0.3) is 11.0 Å². The van der Waals surface area contributed by atoms with E-state index in [4.69, 9.17) is 4.42 Å². The quantitative estimate of drug-likeness (QED) is 0.728. The van der Waals surface area contributed by atoms with Gasteiger partial charge in [-0.2, -0.15) is 5.21 Å². The number of hydrogen-bond acceptors (Lipinski definition) is 5. The average Bonchev–Trinajstić information content (AvgIpc) is 3.06. The van der Waals surface area contributed by atoms with Crippen molar-refractivity contribution in [1.82, 2.24) is 25.9 Å². The molecule has 3 rings (SSSR count). The van der Waals surface area contributed by atoms with Gasteiger partial charge in [0.1, 0.15) is 11.3 Å². The molecule has 0 amide bonds. The molecule has 0 bridgehead atoms. The summed E-state index contributed by atoms with van der Waals surface area (Å²) in [4.78, 5) is 0. The van der Waals surface area contributed by atoms with Crippen molar-refractivity contribution >= 4 is 11.0 Å². The van der Waals surface area contributed by atoms with Crippen LogP contribution < -0.4 is 5.32 Å². The molecule has 0 atom stereocenters. The minimum Gasteiger partial charge on any atom is -0.461 e. The van der Waals surface area contributed by atoms with Crippen molar-refractivity contribution in [3.05, 3.63) is 41.4 Å². The van der Waals surface area contributed by atoms with Crippen LogP contribution in [0.5, 0.6) is 0 Å². The van der Waals surface area contributed by atoms with Gasteiger partial charge in [-0.15, -0.1) is 10.2 Å². The molecule has 0 radical (unpaired) electrons. The number of nitrogens with one attached hydrogen (secondary N) is 2. The summed E-state index contributed by atoms with van der Waals surface area (Å²) in [5.41, 5.74) is 2.15. The molecule has 1 aromatic carbocycles. The fourth-order valence-electron chi connectivity index (χ4n) is 2.19. The number of hydrogen-bond donors (Lipinski definition) is 2. The third-order valence-electron chi connectivity index (χ3n) is 3.08. The van der Waals surface area contributed by atoms with Crippen LogP contribution in [0.1, 0.15) is 24.1 Å². The van der Waals surface area contributed by atoms with Crippen LogP contribution in [0.3, 0.4) is 0 Å². The number of furan rings is 1. The maximum Gasteiger partial charge on any atom is 0.188 e. The van der Waals surface area contributed by atoms with E-state index in [0.717, 1.165) is 24.3 Å². The standard InChI is InChI=1S/C13H15N5O/c1-2-11-10(7-14-8-13-15-17-18-16-13)9-5-3-4-6-12(9)19-11/h3-6,14H,2,7-8H2,1H3,(H,15,16,17,18). The number of tetrazole rings is 1. The Kier molecular flexibility index (Phi) is 3.24. The summed E-state index contributed by atoms with van der Waals surface area (Å²) in [6, 6.07) is 8.10. The van der Waals surface area contributed by atoms with E-state index in [1.807, 2.05) is 18.2 Å². The van der Waals surface area contributed by atoms with Gasteiger partial charge in [0.25, 0.3) is 0 Å². The monoisotopic (exact) mass is 257 g/mol. The van der Waals surface area contributed by atoms with Crippen LogP contribution in [0.15, 0.2) is 28.7 Å². The Labute approximate surface area is 110 Å². The second kappa shape index (κ2) is 5.19. The molecule has 3 aromatic rings. The largest absolute Gasteiger partial charge is 0.461 e. The molecular formula is C13H15N5O. The predicted octanol–water partition coefficient (Wildman–Crippen LogP) is 1.80. The molecule has 19 heavy (non-hydrogen) atoms. The van der Waals surface area contributed by atoms with Crippen LogP contribution in [0, 0.1) is 0 Å². The zero-order valence-electron chi connectivity index (χ0n) is 10.7. The van der Waals surface area contributed by atoms with Gasteiger partial charge < -0.3 is 9.73 Å². The molecule has 0 unspecified atom stereocenters. The van der Waals surface area contributed by atoms with E-state index in [2.05, 4.69) is 38.9 Å². The Morgan fingerprint density at radius 3 is 2.95 bits per heavy atom. The number of para-hydroxylation sites is 1. The van der Waals surface area contributed by atoms with Crippen LogP contribution in [-0.2, 0) is 19.5 Å². The third-order valence-corrected chi connectivity index (χ3v) is 3.08. The maximum atomic E-state index is 5.85. The number of aryl methyl sites for hydroxylation is 1. The molecule has 0 fully saturated rings. The normalized spacial score (nSPS) is 11.2. The van der Waals surface area contributed by atoms with E-state index >= 15 is 0 Å². The van der Waals surface area contributed by atoms with Gasteiger partial charge in [0.2, 0.25) is 0 Å². The maximum absolute atomic E-state index is 5.85. The van der Waals surface area contributed by atoms with Crippen molar-refractivity contribution in [3.8, 4) is 0 Å². The Hall–Kier alpha value is -2.21. The lowest BCUT2D eigenvalue weighted by Gasteiger charge is -2.02. The van der Waals surface area contributed by atoms with E-state index < -0.39 is 0 Å². The third kappa shape index (κ3) is 2.34. The van der Waals surface area contributed by atoms with Crippen molar-refractivity contribution < 1.29 is 4.42 Å². The highest BCUT2D eigenvalue weighted by molar-refractivity contribution is 5.82. The van der Waals surface area contributed by atoms with Gasteiger partial charge >= 0.3 is 0 Å². The lowest BCUT2D eigenvalue weighted by atomic mass is 10.1. The Balaban J connectivity index is 1.79. The molecule has 2 N–H and O–H groups in total. The van der Waals surface area contributed by atoms with Gasteiger partial charge in [0, 0.05) is 23.9 Å². The van der Waals surface area contributed by atoms with Crippen molar-refractivity contribution in [2.24, 2.45) is 0 Å². The van der Waals surface area contributed by atoms with Crippen LogP contribution in [0.4, 0.5) is 0 Å². The molecule has 6 nitrogen and oxygen atoms in total. The van der Waals surface area contributed by atoms with Crippen molar-refractivity contribution in [1.29, 1.82) is 0 Å². The summed E-state index contributed by atoms with van der Waals surface area (Å²) in [5, 5.41) is 18.3. The zero-order chi connectivity index (χ0) is 13.1. The molecular weight excluding hydrogens is 242 g/mol. The number of aromatic amines is 1. The second-order valence-corrected chi connectivity index (χ2v) is 4.29. The zero-order valence-corrected chi connectivity index (χ0v) is 10.7. The Morgan fingerprint density at radius 2 is 2.16 bits per heavy atom. The van der Waals surface area contributed by atoms with Crippen LogP contribution >= 0.6 is 0 Å². The first kappa shape index (κ1) is 11.9. The molecule has 0 saturated carbocycles.